The molecule has 2 aromatic heterocycles. The van der Waals surface area contributed by atoms with Crippen molar-refractivity contribution in [3.63, 3.8) is 0 Å². The van der Waals surface area contributed by atoms with Gasteiger partial charge in [-0.05, 0) is 34.6 Å². The number of amides is 1. The number of carbonyl (C=O) groups excluding carboxylic acids is 1. The lowest BCUT2D eigenvalue weighted by Gasteiger charge is -2.28. The van der Waals surface area contributed by atoms with E-state index in [0.717, 1.165) is 29.6 Å². The standard InChI is InChI=1S/C18H28N6O/c1-11(2)16-20-19-14-10-22(8-9-23(14)16)17(25)15-12(3)21-24(13(15)4)18(5,6)7/h11H,8-10H2,1-7H3. The zero-order chi connectivity index (χ0) is 18.5. The second-order valence-corrected chi connectivity index (χ2v) is 8.14. The summed E-state index contributed by atoms with van der Waals surface area (Å²) in [5.41, 5.74) is 2.27. The predicted molar refractivity (Wildman–Crippen MR) is 95.5 cm³/mol. The molecule has 0 N–H and O–H groups in total. The van der Waals surface area contributed by atoms with Crippen molar-refractivity contribution in [2.45, 2.75) is 73.0 Å². The molecule has 1 amide bonds. The molecule has 0 saturated carbocycles. The van der Waals surface area contributed by atoms with Crippen molar-refractivity contribution in [2.24, 2.45) is 0 Å². The van der Waals surface area contributed by atoms with Gasteiger partial charge in [-0.3, -0.25) is 9.48 Å². The van der Waals surface area contributed by atoms with E-state index in [4.69, 9.17) is 0 Å². The average molecular weight is 344 g/mol. The normalized spacial score (nSPS) is 15.0. The molecule has 136 valence electrons. The van der Waals surface area contributed by atoms with Crippen LogP contribution in [-0.2, 0) is 18.6 Å². The van der Waals surface area contributed by atoms with Gasteiger partial charge >= 0.3 is 0 Å². The number of nitrogens with zero attached hydrogens (tertiary/aromatic N) is 6. The molecule has 0 aliphatic carbocycles. The van der Waals surface area contributed by atoms with Gasteiger partial charge < -0.3 is 9.47 Å². The van der Waals surface area contributed by atoms with Crippen molar-refractivity contribution in [3.8, 4) is 0 Å². The van der Waals surface area contributed by atoms with E-state index in [-0.39, 0.29) is 11.4 Å². The van der Waals surface area contributed by atoms with Gasteiger partial charge in [-0.1, -0.05) is 13.8 Å². The van der Waals surface area contributed by atoms with Crippen LogP contribution in [0.4, 0.5) is 0 Å². The maximum absolute atomic E-state index is 13.1. The largest absolute Gasteiger partial charge is 0.329 e. The zero-order valence-corrected chi connectivity index (χ0v) is 16.3. The molecule has 0 unspecified atom stereocenters. The van der Waals surface area contributed by atoms with E-state index in [1.54, 1.807) is 0 Å². The molecule has 1 aliphatic heterocycles. The Morgan fingerprint density at radius 1 is 1.12 bits per heavy atom. The predicted octanol–water partition coefficient (Wildman–Crippen LogP) is 2.63. The molecule has 3 heterocycles. The van der Waals surface area contributed by atoms with Crippen LogP contribution in [0, 0.1) is 13.8 Å². The molecule has 0 atom stereocenters. The third kappa shape index (κ3) is 2.96. The lowest BCUT2D eigenvalue weighted by atomic mass is 10.1. The van der Waals surface area contributed by atoms with Gasteiger partial charge in [-0.2, -0.15) is 5.10 Å². The molecular formula is C18H28N6O. The van der Waals surface area contributed by atoms with Crippen LogP contribution in [0.1, 0.15) is 73.9 Å². The molecular weight excluding hydrogens is 316 g/mol. The van der Waals surface area contributed by atoms with Crippen LogP contribution in [0.5, 0.6) is 0 Å². The van der Waals surface area contributed by atoms with E-state index in [2.05, 4.69) is 54.5 Å². The second kappa shape index (κ2) is 5.97. The first-order chi connectivity index (χ1) is 11.6. The Morgan fingerprint density at radius 2 is 1.80 bits per heavy atom. The molecule has 0 fully saturated rings. The van der Waals surface area contributed by atoms with Crippen molar-refractivity contribution in [1.29, 1.82) is 0 Å². The van der Waals surface area contributed by atoms with Gasteiger partial charge in [0.15, 0.2) is 5.82 Å². The van der Waals surface area contributed by atoms with Crippen LogP contribution in [-0.4, -0.2) is 41.9 Å². The number of aromatic nitrogens is 5. The van der Waals surface area contributed by atoms with Crippen LogP contribution >= 0.6 is 0 Å². The van der Waals surface area contributed by atoms with E-state index in [1.165, 1.54) is 0 Å². The number of carbonyl (C=O) groups is 1. The fraction of sp³-hybridized carbons (Fsp3) is 0.667. The van der Waals surface area contributed by atoms with Gasteiger partial charge in [0.2, 0.25) is 0 Å². The highest BCUT2D eigenvalue weighted by molar-refractivity contribution is 5.96. The number of hydrogen-bond donors (Lipinski definition) is 0. The molecule has 7 nitrogen and oxygen atoms in total. The summed E-state index contributed by atoms with van der Waals surface area (Å²) in [4.78, 5) is 15.0. The fourth-order valence-corrected chi connectivity index (χ4v) is 3.54. The molecule has 3 rings (SSSR count). The molecule has 1 aliphatic rings. The van der Waals surface area contributed by atoms with Crippen LogP contribution in [0.25, 0.3) is 0 Å². The van der Waals surface area contributed by atoms with Crippen LogP contribution in [0.3, 0.4) is 0 Å². The molecule has 0 aromatic carbocycles. The number of fused-ring (bicyclic) bond motifs is 1. The quantitative estimate of drug-likeness (QED) is 0.840. The van der Waals surface area contributed by atoms with Crippen LogP contribution in [0.2, 0.25) is 0 Å². The molecule has 25 heavy (non-hydrogen) atoms. The summed E-state index contributed by atoms with van der Waals surface area (Å²) in [6.45, 7) is 16.3. The van der Waals surface area contributed by atoms with Crippen molar-refractivity contribution < 1.29 is 4.79 Å². The lowest BCUT2D eigenvalue weighted by molar-refractivity contribution is 0.0704. The highest BCUT2D eigenvalue weighted by Gasteiger charge is 2.30. The third-order valence-electron chi connectivity index (χ3n) is 4.73. The Hall–Kier alpha value is -2.18. The molecule has 0 saturated heterocycles. The number of rotatable bonds is 2. The Labute approximate surface area is 149 Å². The maximum atomic E-state index is 13.1. The monoisotopic (exact) mass is 344 g/mol. The van der Waals surface area contributed by atoms with Gasteiger partial charge in [-0.25, -0.2) is 0 Å². The average Bonchev–Trinajstić information content (AvgIpc) is 3.06. The molecule has 0 bridgehead atoms. The maximum Gasteiger partial charge on any atom is 0.258 e. The van der Waals surface area contributed by atoms with E-state index in [1.807, 2.05) is 23.4 Å². The van der Waals surface area contributed by atoms with E-state index >= 15 is 0 Å². The number of aryl methyl sites for hydroxylation is 1. The smallest absolute Gasteiger partial charge is 0.258 e. The van der Waals surface area contributed by atoms with Crippen molar-refractivity contribution in [2.75, 3.05) is 6.54 Å². The topological polar surface area (TPSA) is 68.8 Å². The van der Waals surface area contributed by atoms with Gasteiger partial charge in [0, 0.05) is 24.7 Å². The zero-order valence-electron chi connectivity index (χ0n) is 16.3. The minimum atomic E-state index is -0.151. The summed E-state index contributed by atoms with van der Waals surface area (Å²) in [5.74, 6) is 2.22. The molecule has 2 aromatic rings. The summed E-state index contributed by atoms with van der Waals surface area (Å²) in [7, 11) is 0. The van der Waals surface area contributed by atoms with Crippen molar-refractivity contribution >= 4 is 5.91 Å². The first kappa shape index (κ1) is 17.6. The Morgan fingerprint density at radius 3 is 2.36 bits per heavy atom. The van der Waals surface area contributed by atoms with Crippen molar-refractivity contribution in [3.05, 3.63) is 28.6 Å². The lowest BCUT2D eigenvalue weighted by Crippen LogP contribution is -2.39. The van der Waals surface area contributed by atoms with Gasteiger partial charge in [0.1, 0.15) is 5.82 Å². The summed E-state index contributed by atoms with van der Waals surface area (Å²) in [6, 6.07) is 0. The molecule has 7 heteroatoms. The second-order valence-electron chi connectivity index (χ2n) is 8.14. The van der Waals surface area contributed by atoms with E-state index in [9.17, 15) is 4.79 Å². The molecule has 0 radical (unpaired) electrons. The Bertz CT molecular complexity index is 808. The summed E-state index contributed by atoms with van der Waals surface area (Å²) in [6.07, 6.45) is 0. The van der Waals surface area contributed by atoms with E-state index < -0.39 is 0 Å². The highest BCUT2D eigenvalue weighted by atomic mass is 16.2. The first-order valence-electron chi connectivity index (χ1n) is 8.89. The minimum Gasteiger partial charge on any atom is -0.329 e. The minimum absolute atomic E-state index is 0.0332. The first-order valence-corrected chi connectivity index (χ1v) is 8.89. The Kier molecular flexibility index (Phi) is 4.21. The van der Waals surface area contributed by atoms with Gasteiger partial charge in [0.25, 0.3) is 5.91 Å². The third-order valence-corrected chi connectivity index (χ3v) is 4.73. The Balaban J connectivity index is 1.89. The van der Waals surface area contributed by atoms with Crippen LogP contribution < -0.4 is 0 Å². The number of hydrogen-bond acceptors (Lipinski definition) is 4. The van der Waals surface area contributed by atoms with Gasteiger partial charge in [-0.15, -0.1) is 10.2 Å². The van der Waals surface area contributed by atoms with Gasteiger partial charge in [0.05, 0.1) is 23.3 Å². The fourth-order valence-electron chi connectivity index (χ4n) is 3.54. The van der Waals surface area contributed by atoms with Crippen LogP contribution in [0.15, 0.2) is 0 Å². The van der Waals surface area contributed by atoms with E-state index in [0.29, 0.717) is 24.6 Å². The summed E-state index contributed by atoms with van der Waals surface area (Å²) < 4.78 is 4.09. The summed E-state index contributed by atoms with van der Waals surface area (Å²) >= 11 is 0. The highest BCUT2D eigenvalue weighted by Crippen LogP contribution is 2.25. The van der Waals surface area contributed by atoms with Crippen molar-refractivity contribution in [1.82, 2.24) is 29.4 Å². The SMILES string of the molecule is Cc1nn(C(C)(C)C)c(C)c1C(=O)N1CCn2c(nnc2C(C)C)C1. The molecule has 0 spiro atoms. The summed E-state index contributed by atoms with van der Waals surface area (Å²) in [5, 5.41) is 13.2.